The molecule has 0 saturated heterocycles. The Morgan fingerprint density at radius 3 is 2.13 bits per heavy atom. The smallest absolute Gasteiger partial charge is 0.205 e. The summed E-state index contributed by atoms with van der Waals surface area (Å²) in [6, 6.07) is 26.6. The van der Waals surface area contributed by atoms with Crippen molar-refractivity contribution in [3.05, 3.63) is 84.4 Å². The predicted octanol–water partition coefficient (Wildman–Crippen LogP) is 6.53. The predicted molar refractivity (Wildman–Crippen MR) is 162 cm³/mol. The SMILES string of the molecule is CCN(CC)/C(=N/C(C)C)NC(C)Cc1cccc(NC(=Nc2ccc(OC)cc2)Nc2ccccc2)c1. The van der Waals surface area contributed by atoms with E-state index in [4.69, 9.17) is 14.7 Å². The number of para-hydroxylation sites is 1. The average molecular weight is 515 g/mol. The lowest BCUT2D eigenvalue weighted by molar-refractivity contribution is 0.415. The molecule has 0 amide bonds. The molecule has 3 aromatic rings. The highest BCUT2D eigenvalue weighted by atomic mass is 16.5. The van der Waals surface area contributed by atoms with Crippen LogP contribution in [0.4, 0.5) is 17.1 Å². The number of nitrogens with zero attached hydrogens (tertiary/aromatic N) is 3. The molecule has 0 aromatic heterocycles. The monoisotopic (exact) mass is 514 g/mol. The third kappa shape index (κ3) is 9.14. The second-order valence-corrected chi connectivity index (χ2v) is 9.44. The van der Waals surface area contributed by atoms with Crippen LogP contribution in [0.1, 0.15) is 40.2 Å². The van der Waals surface area contributed by atoms with Crippen molar-refractivity contribution in [2.45, 2.75) is 53.1 Å². The molecule has 0 aliphatic rings. The van der Waals surface area contributed by atoms with Crippen LogP contribution in [-0.2, 0) is 6.42 Å². The van der Waals surface area contributed by atoms with Crippen LogP contribution in [0.25, 0.3) is 0 Å². The summed E-state index contributed by atoms with van der Waals surface area (Å²) in [5, 5.41) is 10.5. The minimum atomic E-state index is 0.221. The summed E-state index contributed by atoms with van der Waals surface area (Å²) in [5.74, 6) is 2.40. The molecule has 1 unspecified atom stereocenters. The van der Waals surface area contributed by atoms with Gasteiger partial charge < -0.3 is 25.6 Å². The van der Waals surface area contributed by atoms with Crippen molar-refractivity contribution in [2.24, 2.45) is 9.98 Å². The van der Waals surface area contributed by atoms with E-state index in [9.17, 15) is 0 Å². The van der Waals surface area contributed by atoms with E-state index >= 15 is 0 Å². The molecule has 3 N–H and O–H groups in total. The first kappa shape index (κ1) is 28.6. The molecule has 1 atom stereocenters. The molecule has 0 saturated carbocycles. The molecular formula is C31H42N6O. The van der Waals surface area contributed by atoms with Gasteiger partial charge in [0.1, 0.15) is 5.75 Å². The molecule has 3 aromatic carbocycles. The molecule has 0 heterocycles. The van der Waals surface area contributed by atoms with Gasteiger partial charge >= 0.3 is 0 Å². The van der Waals surface area contributed by atoms with Gasteiger partial charge in [-0.15, -0.1) is 0 Å². The molecule has 7 heteroatoms. The Morgan fingerprint density at radius 2 is 1.50 bits per heavy atom. The zero-order chi connectivity index (χ0) is 27.3. The lowest BCUT2D eigenvalue weighted by atomic mass is 10.1. The average Bonchev–Trinajstić information content (AvgIpc) is 2.90. The molecule has 0 spiro atoms. The van der Waals surface area contributed by atoms with E-state index in [0.717, 1.165) is 48.3 Å². The van der Waals surface area contributed by atoms with Gasteiger partial charge in [-0.05, 0) is 95.1 Å². The van der Waals surface area contributed by atoms with Crippen LogP contribution in [0.2, 0.25) is 0 Å². The number of methoxy groups -OCH3 is 1. The molecule has 7 nitrogen and oxygen atoms in total. The van der Waals surface area contributed by atoms with Gasteiger partial charge in [0.2, 0.25) is 5.96 Å². The fourth-order valence-corrected chi connectivity index (χ4v) is 4.05. The van der Waals surface area contributed by atoms with E-state index in [1.807, 2.05) is 54.6 Å². The Bertz CT molecular complexity index is 1170. The number of rotatable bonds is 10. The van der Waals surface area contributed by atoms with Crippen molar-refractivity contribution in [3.63, 3.8) is 0 Å². The van der Waals surface area contributed by atoms with Crippen LogP contribution in [0.15, 0.2) is 88.8 Å². The van der Waals surface area contributed by atoms with E-state index in [2.05, 4.69) is 79.7 Å². The first-order valence-corrected chi connectivity index (χ1v) is 13.4. The lowest BCUT2D eigenvalue weighted by Gasteiger charge is -2.27. The summed E-state index contributed by atoms with van der Waals surface area (Å²) in [4.78, 5) is 11.9. The van der Waals surface area contributed by atoms with Gasteiger partial charge in [0.05, 0.1) is 12.8 Å². The number of ether oxygens (including phenoxy) is 1. The first-order chi connectivity index (χ1) is 18.4. The molecule has 38 heavy (non-hydrogen) atoms. The van der Waals surface area contributed by atoms with Crippen molar-refractivity contribution >= 4 is 29.0 Å². The summed E-state index contributed by atoms with van der Waals surface area (Å²) in [6.07, 6.45) is 0.866. The van der Waals surface area contributed by atoms with Crippen LogP contribution in [0.5, 0.6) is 5.75 Å². The highest BCUT2D eigenvalue weighted by molar-refractivity contribution is 6.04. The number of anilines is 2. The van der Waals surface area contributed by atoms with Crippen LogP contribution in [-0.4, -0.2) is 49.1 Å². The molecular weight excluding hydrogens is 472 g/mol. The minimum Gasteiger partial charge on any atom is -0.497 e. The molecule has 0 fully saturated rings. The summed E-state index contributed by atoms with van der Waals surface area (Å²) in [6.45, 7) is 12.6. The molecule has 0 aliphatic heterocycles. The molecule has 202 valence electrons. The zero-order valence-corrected chi connectivity index (χ0v) is 23.5. The first-order valence-electron chi connectivity index (χ1n) is 13.4. The highest BCUT2D eigenvalue weighted by Gasteiger charge is 2.13. The summed E-state index contributed by atoms with van der Waals surface area (Å²) in [5.41, 5.74) is 3.96. The van der Waals surface area contributed by atoms with Gasteiger partial charge in [0.15, 0.2) is 5.96 Å². The van der Waals surface area contributed by atoms with Crippen LogP contribution < -0.4 is 20.7 Å². The van der Waals surface area contributed by atoms with Crippen molar-refractivity contribution in [1.82, 2.24) is 10.2 Å². The summed E-state index contributed by atoms with van der Waals surface area (Å²) in [7, 11) is 1.66. The Kier molecular flexibility index (Phi) is 11.0. The Morgan fingerprint density at radius 1 is 0.842 bits per heavy atom. The normalized spacial score (nSPS) is 12.7. The molecule has 0 bridgehead atoms. The third-order valence-electron chi connectivity index (χ3n) is 5.90. The topological polar surface area (TPSA) is 73.3 Å². The molecule has 0 radical (unpaired) electrons. The molecule has 0 aliphatic carbocycles. The van der Waals surface area contributed by atoms with Crippen molar-refractivity contribution in [1.29, 1.82) is 0 Å². The van der Waals surface area contributed by atoms with Crippen LogP contribution >= 0.6 is 0 Å². The number of hydrogen-bond acceptors (Lipinski definition) is 3. The third-order valence-corrected chi connectivity index (χ3v) is 5.90. The van der Waals surface area contributed by atoms with Gasteiger partial charge in [-0.25, -0.2) is 4.99 Å². The number of benzene rings is 3. The standard InChI is InChI=1S/C31H42N6O/c1-7-37(8-2)31(32-23(3)4)33-24(5)21-25-13-12-16-28(22-25)36-30(34-26-14-10-9-11-15-26)35-27-17-19-29(38-6)20-18-27/h9-20,22-24H,7-8,21H2,1-6H3,(H,32,33)(H2,34,35,36). The van der Waals surface area contributed by atoms with Crippen LogP contribution in [0.3, 0.4) is 0 Å². The second-order valence-electron chi connectivity index (χ2n) is 9.44. The number of aliphatic imine (C=N–C) groups is 2. The van der Waals surface area contributed by atoms with Crippen molar-refractivity contribution in [2.75, 3.05) is 30.8 Å². The van der Waals surface area contributed by atoms with E-state index in [-0.39, 0.29) is 12.1 Å². The van der Waals surface area contributed by atoms with E-state index in [0.29, 0.717) is 5.96 Å². The number of nitrogens with one attached hydrogen (secondary N) is 3. The Balaban J connectivity index is 1.77. The second kappa shape index (κ2) is 14.7. The maximum atomic E-state index is 5.28. The van der Waals surface area contributed by atoms with Gasteiger partial charge in [0.25, 0.3) is 0 Å². The van der Waals surface area contributed by atoms with Gasteiger partial charge in [-0.3, -0.25) is 4.99 Å². The Labute approximate surface area is 228 Å². The van der Waals surface area contributed by atoms with Crippen LogP contribution in [0, 0.1) is 0 Å². The summed E-state index contributed by atoms with van der Waals surface area (Å²) < 4.78 is 5.28. The quantitative estimate of drug-likeness (QED) is 0.212. The van der Waals surface area contributed by atoms with Gasteiger partial charge in [0, 0.05) is 36.5 Å². The van der Waals surface area contributed by atoms with Gasteiger partial charge in [-0.2, -0.15) is 0 Å². The van der Waals surface area contributed by atoms with E-state index in [1.165, 1.54) is 5.56 Å². The maximum absolute atomic E-state index is 5.28. The molecule has 3 rings (SSSR count). The Hall–Kier alpha value is -4.00. The van der Waals surface area contributed by atoms with Crippen molar-refractivity contribution < 1.29 is 4.74 Å². The van der Waals surface area contributed by atoms with E-state index < -0.39 is 0 Å². The number of hydrogen-bond donors (Lipinski definition) is 3. The fraction of sp³-hybridized carbons (Fsp3) is 0.355. The lowest BCUT2D eigenvalue weighted by Crippen LogP contribution is -2.46. The minimum absolute atomic E-state index is 0.221. The fourth-order valence-electron chi connectivity index (χ4n) is 4.05. The highest BCUT2D eigenvalue weighted by Crippen LogP contribution is 2.20. The summed E-state index contributed by atoms with van der Waals surface area (Å²) >= 11 is 0. The van der Waals surface area contributed by atoms with E-state index in [1.54, 1.807) is 7.11 Å². The van der Waals surface area contributed by atoms with Crippen molar-refractivity contribution in [3.8, 4) is 5.75 Å². The zero-order valence-electron chi connectivity index (χ0n) is 23.5. The number of guanidine groups is 2. The maximum Gasteiger partial charge on any atom is 0.205 e. The largest absolute Gasteiger partial charge is 0.497 e. The van der Waals surface area contributed by atoms with Gasteiger partial charge in [-0.1, -0.05) is 30.3 Å².